The maximum Gasteiger partial charge on any atom is 0.290 e. The molecule has 2 aliphatic heterocycles. The topological polar surface area (TPSA) is 193 Å². The minimum absolute atomic E-state index is 0.0512. The average molecular weight is 749 g/mol. The first kappa shape index (κ1) is 38.7. The maximum atomic E-state index is 14.3. The molecule has 2 aromatic heterocycles. The molecular weight excluding hydrogens is 705 g/mol. The number of thiophene rings is 1. The first-order valence-electron chi connectivity index (χ1n) is 17.2. The zero-order valence-electron chi connectivity index (χ0n) is 30.1. The Balaban J connectivity index is 0.00000175. The Morgan fingerprint density at radius 2 is 1.77 bits per heavy atom. The number of carbonyl (C=O) groups excluding carboxylic acids is 4. The number of benzene rings is 2. The summed E-state index contributed by atoms with van der Waals surface area (Å²) in [7, 11) is 3.28. The van der Waals surface area contributed by atoms with Crippen LogP contribution in [0.5, 0.6) is 11.5 Å². The summed E-state index contributed by atoms with van der Waals surface area (Å²) in [4.78, 5) is 68.1. The lowest BCUT2D eigenvalue weighted by atomic mass is 10.0. The molecule has 4 heterocycles. The molecule has 0 spiro atoms. The van der Waals surface area contributed by atoms with Crippen molar-refractivity contribution in [1.29, 1.82) is 0 Å². The van der Waals surface area contributed by atoms with Gasteiger partial charge >= 0.3 is 0 Å². The second kappa shape index (κ2) is 16.9. The Bertz CT molecular complexity index is 1960. The third-order valence-electron chi connectivity index (χ3n) is 9.17. The molecular formula is C37H44N6O9S. The predicted octanol–water partition coefficient (Wildman–Crippen LogP) is 2.77. The van der Waals surface area contributed by atoms with Crippen LogP contribution in [0.1, 0.15) is 47.2 Å². The minimum atomic E-state index is -1.22. The van der Waals surface area contributed by atoms with Crippen LogP contribution in [0.15, 0.2) is 54.6 Å². The van der Waals surface area contributed by atoms with Crippen molar-refractivity contribution >= 4 is 51.7 Å². The third-order valence-corrected chi connectivity index (χ3v) is 10.4. The molecule has 53 heavy (non-hydrogen) atoms. The molecule has 0 saturated carbocycles. The zero-order valence-corrected chi connectivity index (χ0v) is 31.0. The monoisotopic (exact) mass is 748 g/mol. The molecule has 4 N–H and O–H groups in total. The van der Waals surface area contributed by atoms with Gasteiger partial charge in [-0.3, -0.25) is 28.7 Å². The molecule has 4 aromatic rings. The van der Waals surface area contributed by atoms with Crippen LogP contribution in [-0.4, -0.2) is 117 Å². The Labute approximate surface area is 310 Å². The summed E-state index contributed by atoms with van der Waals surface area (Å²) in [6, 6.07) is 14.8. The molecule has 2 bridgehead atoms. The SMILES string of the molecule is COc1ccc2cc1O[C@@H](C(=O)N1CC[C@@H](O)C1)[C@H](C)NC(=O)CN(C(=O)c1cc3c(-c4ccccc4)nn(C)c3s1)C[C@H](C(C)C)NC2=O.O=CO. The van der Waals surface area contributed by atoms with Crippen LogP contribution in [0, 0.1) is 5.92 Å². The number of amides is 4. The second-order valence-electron chi connectivity index (χ2n) is 13.3. The van der Waals surface area contributed by atoms with Crippen molar-refractivity contribution in [3.8, 4) is 22.8 Å². The fourth-order valence-electron chi connectivity index (χ4n) is 6.33. The number of aromatic nitrogens is 2. The average Bonchev–Trinajstić information content (AvgIpc) is 3.85. The van der Waals surface area contributed by atoms with Gasteiger partial charge in [0.2, 0.25) is 5.91 Å². The van der Waals surface area contributed by atoms with E-state index in [4.69, 9.17) is 19.4 Å². The van der Waals surface area contributed by atoms with Crippen LogP contribution in [0.4, 0.5) is 0 Å². The molecule has 0 aliphatic carbocycles. The van der Waals surface area contributed by atoms with Crippen LogP contribution in [-0.2, 0) is 21.4 Å². The van der Waals surface area contributed by atoms with Gasteiger partial charge in [-0.15, -0.1) is 11.3 Å². The van der Waals surface area contributed by atoms with Crippen LogP contribution >= 0.6 is 11.3 Å². The lowest BCUT2D eigenvalue weighted by Gasteiger charge is -2.32. The van der Waals surface area contributed by atoms with E-state index in [1.54, 1.807) is 29.8 Å². The molecule has 6 rings (SSSR count). The van der Waals surface area contributed by atoms with Gasteiger partial charge in [0, 0.05) is 49.2 Å². The molecule has 2 aliphatic rings. The van der Waals surface area contributed by atoms with Gasteiger partial charge in [0.25, 0.3) is 24.2 Å². The highest BCUT2D eigenvalue weighted by Gasteiger charge is 2.37. The normalized spacial score (nSPS) is 20.8. The zero-order chi connectivity index (χ0) is 38.4. The van der Waals surface area contributed by atoms with Crippen molar-refractivity contribution in [1.82, 2.24) is 30.2 Å². The fraction of sp³-hybridized carbons (Fsp3) is 0.405. The second-order valence-corrected chi connectivity index (χ2v) is 14.3. The van der Waals surface area contributed by atoms with Crippen molar-refractivity contribution < 1.29 is 43.7 Å². The number of hydrogen-bond acceptors (Lipinski definition) is 10. The number of fused-ring (bicyclic) bond motifs is 3. The number of likely N-dealkylation sites (tertiary alicyclic amines) is 1. The van der Waals surface area contributed by atoms with Gasteiger partial charge in [0.1, 0.15) is 10.5 Å². The molecule has 4 amide bonds. The molecule has 16 heteroatoms. The number of methoxy groups -OCH3 is 1. The van der Waals surface area contributed by atoms with Gasteiger partial charge in [-0.1, -0.05) is 44.2 Å². The molecule has 2 aromatic carbocycles. The number of nitrogens with one attached hydrogen (secondary N) is 2. The molecule has 1 fully saturated rings. The number of hydrogen-bond donors (Lipinski definition) is 4. The summed E-state index contributed by atoms with van der Waals surface area (Å²) in [6.45, 7) is 5.45. The van der Waals surface area contributed by atoms with E-state index in [1.807, 2.05) is 51.2 Å². The summed E-state index contributed by atoms with van der Waals surface area (Å²) in [5.41, 5.74) is 1.94. The largest absolute Gasteiger partial charge is 0.493 e. The number of aliphatic hydroxyl groups excluding tert-OH is 1. The Kier molecular flexibility index (Phi) is 12.4. The van der Waals surface area contributed by atoms with E-state index in [1.165, 1.54) is 34.3 Å². The first-order chi connectivity index (χ1) is 25.3. The lowest BCUT2D eigenvalue weighted by molar-refractivity contribution is -0.139. The Morgan fingerprint density at radius 1 is 1.06 bits per heavy atom. The number of nitrogens with zero attached hydrogens (tertiary/aromatic N) is 4. The van der Waals surface area contributed by atoms with Crippen molar-refractivity contribution in [3.05, 3.63) is 65.0 Å². The summed E-state index contributed by atoms with van der Waals surface area (Å²) in [5.74, 6) is -1.37. The van der Waals surface area contributed by atoms with Gasteiger partial charge in [-0.25, -0.2) is 0 Å². The van der Waals surface area contributed by atoms with Crippen LogP contribution in [0.25, 0.3) is 21.5 Å². The highest BCUT2D eigenvalue weighted by Crippen LogP contribution is 2.35. The van der Waals surface area contributed by atoms with E-state index >= 15 is 0 Å². The number of aryl methyl sites for hydroxylation is 1. The Morgan fingerprint density at radius 3 is 2.42 bits per heavy atom. The number of carbonyl (C=O) groups is 5. The third kappa shape index (κ3) is 8.77. The molecule has 4 atom stereocenters. The van der Waals surface area contributed by atoms with Crippen molar-refractivity contribution in [2.45, 2.75) is 51.5 Å². The summed E-state index contributed by atoms with van der Waals surface area (Å²) in [5, 5.41) is 28.5. The van der Waals surface area contributed by atoms with E-state index in [2.05, 4.69) is 15.7 Å². The summed E-state index contributed by atoms with van der Waals surface area (Å²) in [6.07, 6.45) is -1.46. The van der Waals surface area contributed by atoms with Crippen LogP contribution in [0.3, 0.4) is 0 Å². The van der Waals surface area contributed by atoms with Crippen LogP contribution < -0.4 is 20.1 Å². The van der Waals surface area contributed by atoms with E-state index in [0.29, 0.717) is 23.6 Å². The summed E-state index contributed by atoms with van der Waals surface area (Å²) < 4.78 is 13.5. The lowest BCUT2D eigenvalue weighted by Crippen LogP contribution is -2.56. The highest BCUT2D eigenvalue weighted by molar-refractivity contribution is 7.20. The standard InChI is InChI=1S/C36H42N6O7S.CH2O2/c1-20(2)26-18-42(34(46)29-16-25-31(22-9-7-6-8-10-22)39-40(4)36(25)50-29)19-30(44)37-21(3)32(35(47)41-14-13-24(43)17-41)49-28-15-23(33(45)38-26)11-12-27(28)48-5;2-1-3/h6-12,15-16,20-21,24,26,32,43H,13-14,17-19H2,1-5H3,(H,37,44)(H,38,45);1H,(H,2,3)/t21-,24+,26+,32+;/m0./s1. The summed E-state index contributed by atoms with van der Waals surface area (Å²) >= 11 is 1.29. The minimum Gasteiger partial charge on any atom is -0.493 e. The number of rotatable bonds is 5. The van der Waals surface area contributed by atoms with Gasteiger partial charge in [-0.05, 0) is 43.5 Å². The Hall–Kier alpha value is -5.48. The van der Waals surface area contributed by atoms with E-state index in [9.17, 15) is 24.3 Å². The van der Waals surface area contributed by atoms with Gasteiger partial charge in [-0.2, -0.15) is 5.10 Å². The molecule has 1 saturated heterocycles. The molecule has 0 radical (unpaired) electrons. The molecule has 282 valence electrons. The number of aliphatic hydroxyl groups is 1. The van der Waals surface area contributed by atoms with Crippen molar-refractivity contribution in [2.24, 2.45) is 13.0 Å². The van der Waals surface area contributed by atoms with Crippen LogP contribution in [0.2, 0.25) is 0 Å². The predicted molar refractivity (Wildman–Crippen MR) is 197 cm³/mol. The van der Waals surface area contributed by atoms with Gasteiger partial charge in [0.15, 0.2) is 17.6 Å². The highest BCUT2D eigenvalue weighted by atomic mass is 32.1. The number of ether oxygens (including phenoxy) is 2. The molecule has 0 unspecified atom stereocenters. The van der Waals surface area contributed by atoms with Crippen molar-refractivity contribution in [2.75, 3.05) is 33.3 Å². The van der Waals surface area contributed by atoms with E-state index in [-0.39, 0.29) is 49.2 Å². The van der Waals surface area contributed by atoms with E-state index < -0.39 is 42.0 Å². The number of β-amino-alcohol motifs (C(OH)–C–C–N with tert-alkyl or cyclic N) is 1. The first-order valence-corrected chi connectivity index (χ1v) is 18.0. The van der Waals surface area contributed by atoms with Crippen molar-refractivity contribution in [3.63, 3.8) is 0 Å². The quantitative estimate of drug-likeness (QED) is 0.221. The number of carboxylic acid groups (broad SMARTS) is 1. The van der Waals surface area contributed by atoms with Gasteiger partial charge < -0.3 is 40.1 Å². The smallest absolute Gasteiger partial charge is 0.290 e. The van der Waals surface area contributed by atoms with E-state index in [0.717, 1.165) is 21.5 Å². The fourth-order valence-corrected chi connectivity index (χ4v) is 7.37. The molecule has 15 nitrogen and oxygen atoms in total. The maximum absolute atomic E-state index is 14.3. The van der Waals surface area contributed by atoms with Gasteiger partial charge in [0.05, 0.1) is 30.7 Å².